The van der Waals surface area contributed by atoms with E-state index >= 15 is 0 Å². The third-order valence-corrected chi connectivity index (χ3v) is 3.44. The number of nitrogens with two attached hydrogens (primary N) is 1. The van der Waals surface area contributed by atoms with Gasteiger partial charge in [-0.15, -0.1) is 0 Å². The van der Waals surface area contributed by atoms with Crippen LogP contribution in [0.3, 0.4) is 0 Å². The van der Waals surface area contributed by atoms with Crippen LogP contribution in [0.25, 0.3) is 0 Å². The van der Waals surface area contributed by atoms with E-state index in [0.29, 0.717) is 23.5 Å². The van der Waals surface area contributed by atoms with Gasteiger partial charge in [0.1, 0.15) is 11.5 Å². The van der Waals surface area contributed by atoms with Crippen LogP contribution in [0, 0.1) is 12.8 Å². The summed E-state index contributed by atoms with van der Waals surface area (Å²) in [6, 6.07) is 11.2. The summed E-state index contributed by atoms with van der Waals surface area (Å²) in [4.78, 5) is 12.3. The van der Waals surface area contributed by atoms with Gasteiger partial charge in [-0.25, -0.2) is 0 Å². The Morgan fingerprint density at radius 1 is 1.20 bits per heavy atom. The third-order valence-electron chi connectivity index (χ3n) is 3.44. The van der Waals surface area contributed by atoms with E-state index in [1.807, 2.05) is 44.2 Å². The number of benzene rings is 1. The van der Waals surface area contributed by atoms with Crippen LogP contribution in [0.15, 0.2) is 45.6 Å². The van der Waals surface area contributed by atoms with E-state index < -0.39 is 0 Å². The predicted molar refractivity (Wildman–Crippen MR) is 80.7 cm³/mol. The van der Waals surface area contributed by atoms with E-state index in [0.717, 1.165) is 5.56 Å². The fourth-order valence-electron chi connectivity index (χ4n) is 2.20. The average molecular weight is 271 g/mol. The minimum atomic E-state index is -0.263. The topological polar surface area (TPSA) is 56.2 Å². The minimum Gasteiger partial charge on any atom is -0.464 e. The molecule has 1 heterocycles. The number of rotatable bonds is 4. The van der Waals surface area contributed by atoms with E-state index in [4.69, 9.17) is 10.2 Å². The van der Waals surface area contributed by atoms with Gasteiger partial charge < -0.3 is 10.2 Å². The van der Waals surface area contributed by atoms with E-state index in [1.54, 1.807) is 6.92 Å². The fraction of sp³-hybridized carbons (Fsp3) is 0.353. The molecular weight excluding hydrogens is 250 g/mol. The van der Waals surface area contributed by atoms with Crippen LogP contribution in [0.2, 0.25) is 0 Å². The Balaban J connectivity index is 2.48. The highest BCUT2D eigenvalue weighted by atomic mass is 16.3. The Labute approximate surface area is 119 Å². The Bertz CT molecular complexity index is 629. The van der Waals surface area contributed by atoms with Gasteiger partial charge in [-0.2, -0.15) is 0 Å². The monoisotopic (exact) mass is 271 g/mol. The van der Waals surface area contributed by atoms with Gasteiger partial charge in [0.2, 0.25) is 0 Å². The standard InChI is InChI=1S/C17H21NO2/c1-11(2)16(18)17-14(15(19)9-12(3)20-17)10-13-7-5-4-6-8-13/h4-9,11,16H,10,18H2,1-3H3. The van der Waals surface area contributed by atoms with Gasteiger partial charge in [-0.1, -0.05) is 44.2 Å². The summed E-state index contributed by atoms with van der Waals surface area (Å²) in [5, 5.41) is 0. The zero-order valence-corrected chi connectivity index (χ0v) is 12.2. The van der Waals surface area contributed by atoms with Gasteiger partial charge >= 0.3 is 0 Å². The summed E-state index contributed by atoms with van der Waals surface area (Å²) >= 11 is 0. The van der Waals surface area contributed by atoms with Crippen molar-refractivity contribution in [2.45, 2.75) is 33.2 Å². The SMILES string of the molecule is Cc1cc(=O)c(Cc2ccccc2)c(C(N)C(C)C)o1. The molecule has 0 amide bonds. The average Bonchev–Trinajstić information content (AvgIpc) is 2.41. The second-order valence-corrected chi connectivity index (χ2v) is 5.50. The lowest BCUT2D eigenvalue weighted by molar-refractivity contribution is 0.373. The minimum absolute atomic E-state index is 0.00343. The maximum atomic E-state index is 12.3. The molecule has 20 heavy (non-hydrogen) atoms. The second kappa shape index (κ2) is 6.06. The van der Waals surface area contributed by atoms with E-state index in [1.165, 1.54) is 6.07 Å². The highest BCUT2D eigenvalue weighted by molar-refractivity contribution is 5.30. The Hall–Kier alpha value is -1.87. The molecule has 0 aliphatic heterocycles. The molecule has 1 atom stereocenters. The number of hydrogen-bond acceptors (Lipinski definition) is 3. The van der Waals surface area contributed by atoms with Crippen molar-refractivity contribution in [2.75, 3.05) is 0 Å². The summed E-state index contributed by atoms with van der Waals surface area (Å²) < 4.78 is 5.76. The lowest BCUT2D eigenvalue weighted by Crippen LogP contribution is -2.23. The van der Waals surface area contributed by atoms with E-state index in [-0.39, 0.29) is 17.4 Å². The molecule has 2 aromatic rings. The van der Waals surface area contributed by atoms with Gasteiger partial charge in [0, 0.05) is 18.1 Å². The Morgan fingerprint density at radius 2 is 1.85 bits per heavy atom. The third kappa shape index (κ3) is 3.17. The molecule has 0 fully saturated rings. The Kier molecular flexibility index (Phi) is 4.40. The zero-order chi connectivity index (χ0) is 14.7. The van der Waals surface area contributed by atoms with Crippen LogP contribution in [-0.2, 0) is 6.42 Å². The van der Waals surface area contributed by atoms with E-state index in [2.05, 4.69) is 0 Å². The maximum Gasteiger partial charge on any atom is 0.188 e. The van der Waals surface area contributed by atoms with Crippen LogP contribution < -0.4 is 11.2 Å². The quantitative estimate of drug-likeness (QED) is 0.929. The first-order chi connectivity index (χ1) is 9.49. The van der Waals surface area contributed by atoms with Crippen molar-refractivity contribution >= 4 is 0 Å². The maximum absolute atomic E-state index is 12.3. The van der Waals surface area contributed by atoms with Crippen LogP contribution >= 0.6 is 0 Å². The first-order valence-corrected chi connectivity index (χ1v) is 6.92. The second-order valence-electron chi connectivity index (χ2n) is 5.50. The molecule has 0 radical (unpaired) electrons. The van der Waals surface area contributed by atoms with Crippen molar-refractivity contribution in [2.24, 2.45) is 11.7 Å². The molecule has 1 unspecified atom stereocenters. The summed E-state index contributed by atoms with van der Waals surface area (Å²) in [7, 11) is 0. The molecule has 3 heteroatoms. The molecule has 2 N–H and O–H groups in total. The molecule has 1 aromatic carbocycles. The Morgan fingerprint density at radius 3 is 2.45 bits per heavy atom. The van der Waals surface area contributed by atoms with Gasteiger partial charge in [0.05, 0.1) is 6.04 Å². The molecular formula is C17H21NO2. The molecule has 0 spiro atoms. The highest BCUT2D eigenvalue weighted by Crippen LogP contribution is 2.23. The molecule has 0 saturated carbocycles. The predicted octanol–water partition coefficient (Wildman–Crippen LogP) is 3.19. The van der Waals surface area contributed by atoms with Gasteiger partial charge in [-0.05, 0) is 18.4 Å². The van der Waals surface area contributed by atoms with E-state index in [9.17, 15) is 4.79 Å². The van der Waals surface area contributed by atoms with Crippen molar-refractivity contribution in [3.63, 3.8) is 0 Å². The largest absolute Gasteiger partial charge is 0.464 e. The lowest BCUT2D eigenvalue weighted by atomic mass is 9.95. The summed E-state index contributed by atoms with van der Waals surface area (Å²) in [6.07, 6.45) is 0.555. The van der Waals surface area contributed by atoms with Crippen LogP contribution in [0.5, 0.6) is 0 Å². The van der Waals surface area contributed by atoms with Crippen molar-refractivity contribution in [3.05, 3.63) is 69.3 Å². The lowest BCUT2D eigenvalue weighted by Gasteiger charge is -2.18. The first kappa shape index (κ1) is 14.5. The summed E-state index contributed by atoms with van der Waals surface area (Å²) in [5.41, 5.74) is 7.95. The first-order valence-electron chi connectivity index (χ1n) is 6.92. The highest BCUT2D eigenvalue weighted by Gasteiger charge is 2.20. The van der Waals surface area contributed by atoms with Crippen LogP contribution in [-0.4, -0.2) is 0 Å². The van der Waals surface area contributed by atoms with Crippen LogP contribution in [0.4, 0.5) is 0 Å². The van der Waals surface area contributed by atoms with Gasteiger partial charge in [-0.3, -0.25) is 4.79 Å². The van der Waals surface area contributed by atoms with Crippen LogP contribution in [0.1, 0.15) is 42.5 Å². The zero-order valence-electron chi connectivity index (χ0n) is 12.2. The number of hydrogen-bond donors (Lipinski definition) is 1. The fourth-order valence-corrected chi connectivity index (χ4v) is 2.20. The normalized spacial score (nSPS) is 12.7. The van der Waals surface area contributed by atoms with Crippen molar-refractivity contribution < 1.29 is 4.42 Å². The summed E-state index contributed by atoms with van der Waals surface area (Å²) in [5.74, 6) is 1.45. The molecule has 3 nitrogen and oxygen atoms in total. The molecule has 1 aromatic heterocycles. The summed E-state index contributed by atoms with van der Waals surface area (Å²) in [6.45, 7) is 5.84. The van der Waals surface area contributed by atoms with Gasteiger partial charge in [0.15, 0.2) is 5.43 Å². The smallest absolute Gasteiger partial charge is 0.188 e. The molecule has 2 rings (SSSR count). The van der Waals surface area contributed by atoms with Gasteiger partial charge in [0.25, 0.3) is 0 Å². The number of aryl methyl sites for hydroxylation is 1. The molecule has 0 bridgehead atoms. The molecule has 0 saturated heterocycles. The molecule has 0 aliphatic rings. The molecule has 0 aliphatic carbocycles. The molecule has 106 valence electrons. The van der Waals surface area contributed by atoms with Crippen molar-refractivity contribution in [3.8, 4) is 0 Å². The van der Waals surface area contributed by atoms with Crippen molar-refractivity contribution in [1.82, 2.24) is 0 Å². The van der Waals surface area contributed by atoms with Crippen molar-refractivity contribution in [1.29, 1.82) is 0 Å².